The number of halogens is 1. The van der Waals surface area contributed by atoms with E-state index in [0.717, 1.165) is 33.5 Å². The van der Waals surface area contributed by atoms with Crippen LogP contribution in [-0.2, 0) is 33.9 Å². The number of hydrogen-bond acceptors (Lipinski definition) is 7. The van der Waals surface area contributed by atoms with Crippen molar-refractivity contribution < 1.29 is 36.4 Å². The summed E-state index contributed by atoms with van der Waals surface area (Å²) in [6, 6.07) is 39.1. The quantitative estimate of drug-likeness (QED) is 0.0745. The summed E-state index contributed by atoms with van der Waals surface area (Å²) in [5.74, 6) is -0.306. The summed E-state index contributed by atoms with van der Waals surface area (Å²) in [7, 11) is -3.90. The number of ether oxygens (including phenoxy) is 1. The molecule has 0 unspecified atom stereocenters. The zero-order valence-electron chi connectivity index (χ0n) is 34.5. The third kappa shape index (κ3) is 7.86. The normalized spacial score (nSPS) is 21.1. The molecule has 58 heavy (non-hydrogen) atoms. The van der Waals surface area contributed by atoms with E-state index in [-0.39, 0.29) is 21.8 Å². The fraction of sp³-hybridized carbons (Fsp3) is 0.340. The maximum Gasteiger partial charge on any atom is 0.360 e. The maximum absolute atomic E-state index is 14.9. The van der Waals surface area contributed by atoms with Gasteiger partial charge in [0.05, 0.1) is 29.5 Å². The van der Waals surface area contributed by atoms with Gasteiger partial charge in [0.2, 0.25) is 5.91 Å². The van der Waals surface area contributed by atoms with Gasteiger partial charge < -0.3 is 27.5 Å². The Hall–Kier alpha value is -4.41. The molecule has 2 heterocycles. The third-order valence-corrected chi connectivity index (χ3v) is 18.5. The average molecular weight is 822 g/mol. The lowest BCUT2D eigenvalue weighted by atomic mass is 9.76. The molecule has 5 aromatic rings. The van der Waals surface area contributed by atoms with E-state index in [4.69, 9.17) is 22.6 Å². The van der Waals surface area contributed by atoms with Crippen LogP contribution < -0.4 is 14.9 Å². The lowest BCUT2D eigenvalue weighted by Crippen LogP contribution is -2.67. The Bertz CT molecular complexity index is 2240. The highest BCUT2D eigenvalue weighted by molar-refractivity contribution is 7.62. The number of rotatable bonds is 11. The Labute approximate surface area is 343 Å². The topological polar surface area (TPSA) is 83.5 Å². The number of nitrogens with zero attached hydrogens (tertiary/aromatic N) is 1. The summed E-state index contributed by atoms with van der Waals surface area (Å²) in [4.78, 5) is 16.7. The first kappa shape index (κ1) is 41.7. The van der Waals surface area contributed by atoms with Gasteiger partial charge in [-0.25, -0.2) is 4.39 Å². The fourth-order valence-electron chi connectivity index (χ4n) is 8.70. The van der Waals surface area contributed by atoms with Gasteiger partial charge in [-0.15, -0.1) is 0 Å². The smallest absolute Gasteiger partial charge is 0.360 e. The summed E-state index contributed by atoms with van der Waals surface area (Å²) < 4.78 is 59.2. The number of para-hydroxylation sites is 1. The molecular formula is C47H53FNO7PSi. The lowest BCUT2D eigenvalue weighted by Gasteiger charge is -2.59. The van der Waals surface area contributed by atoms with Crippen molar-refractivity contribution in [3.8, 4) is 16.9 Å². The van der Waals surface area contributed by atoms with Crippen molar-refractivity contribution in [3.05, 3.63) is 150 Å². The first-order chi connectivity index (χ1) is 27.6. The van der Waals surface area contributed by atoms with Crippen LogP contribution in [0.3, 0.4) is 0 Å². The van der Waals surface area contributed by atoms with Crippen LogP contribution >= 0.6 is 7.60 Å². The van der Waals surface area contributed by atoms with Crippen molar-refractivity contribution in [2.45, 2.75) is 82.9 Å². The molecule has 2 saturated heterocycles. The Kier molecular flexibility index (Phi) is 11.7. The van der Waals surface area contributed by atoms with Crippen LogP contribution in [-0.4, -0.2) is 34.8 Å². The van der Waals surface area contributed by atoms with Gasteiger partial charge in [0, 0.05) is 42.0 Å². The molecule has 0 spiro atoms. The van der Waals surface area contributed by atoms with Crippen LogP contribution in [0.15, 0.2) is 127 Å². The van der Waals surface area contributed by atoms with Gasteiger partial charge in [-0.2, -0.15) is 0 Å². The molecule has 2 aliphatic rings. The molecule has 0 bridgehead atoms. The summed E-state index contributed by atoms with van der Waals surface area (Å²) in [6.45, 7) is 13.3. The number of β-lactam (4-membered cyclic amide) rings is 1. The molecule has 0 N–H and O–H groups in total. The highest BCUT2D eigenvalue weighted by Crippen LogP contribution is 2.60. The molecule has 11 heteroatoms. The Balaban J connectivity index is 1.36. The van der Waals surface area contributed by atoms with Gasteiger partial charge >= 0.3 is 16.2 Å². The average Bonchev–Trinajstić information content (AvgIpc) is 3.22. The summed E-state index contributed by atoms with van der Waals surface area (Å²) >= 11 is 0. The Morgan fingerprint density at radius 1 is 0.759 bits per heavy atom. The van der Waals surface area contributed by atoms with Crippen molar-refractivity contribution in [2.24, 2.45) is 5.92 Å². The van der Waals surface area contributed by atoms with E-state index in [1.807, 2.05) is 95.9 Å². The minimum Gasteiger partial charge on any atom is -0.489 e. The highest BCUT2D eigenvalue weighted by Gasteiger charge is 2.65. The van der Waals surface area contributed by atoms with E-state index in [2.05, 4.69) is 41.5 Å². The number of carbonyl (C=O) groups is 1. The second kappa shape index (κ2) is 16.3. The van der Waals surface area contributed by atoms with E-state index >= 15 is 0 Å². The summed E-state index contributed by atoms with van der Waals surface area (Å²) in [6.07, 6.45) is -0.508. The molecule has 8 nitrogen and oxygen atoms in total. The molecule has 1 amide bonds. The Morgan fingerprint density at radius 2 is 1.34 bits per heavy atom. The van der Waals surface area contributed by atoms with Crippen molar-refractivity contribution in [3.63, 3.8) is 0 Å². The van der Waals surface area contributed by atoms with E-state index in [1.165, 1.54) is 26.4 Å². The predicted octanol–water partition coefficient (Wildman–Crippen LogP) is 11.5. The van der Waals surface area contributed by atoms with Gasteiger partial charge in [-0.1, -0.05) is 126 Å². The van der Waals surface area contributed by atoms with Crippen LogP contribution in [0.2, 0.25) is 10.1 Å². The van der Waals surface area contributed by atoms with Gasteiger partial charge in [0.25, 0.3) is 0 Å². The largest absolute Gasteiger partial charge is 0.489 e. The van der Waals surface area contributed by atoms with Crippen molar-refractivity contribution in [1.82, 2.24) is 0 Å². The predicted molar refractivity (Wildman–Crippen MR) is 229 cm³/mol. The molecular weight excluding hydrogens is 769 g/mol. The second-order valence-electron chi connectivity index (χ2n) is 17.1. The third-order valence-electron chi connectivity index (χ3n) is 11.4. The number of anilines is 1. The minimum atomic E-state index is -3.43. The van der Waals surface area contributed by atoms with Gasteiger partial charge in [-0.05, 0) is 64.7 Å². The van der Waals surface area contributed by atoms with E-state index in [1.54, 1.807) is 24.3 Å². The SMILES string of the molecule is COP(=O)(OC)c1ccc(-c2ccc([C@@H]3[C@@H]([C@H]4C[C@@H](c5ccc(F)cc5)O[Si](C(C)(C)C)(C(C)(C)C)O4)C(=O)N3c3ccccc3)c(OCc3ccccc3)c2)cc1. The number of hydrogen-bond donors (Lipinski definition) is 0. The fourth-order valence-corrected chi connectivity index (χ4v) is 14.8. The van der Waals surface area contributed by atoms with Gasteiger partial charge in [-0.3, -0.25) is 9.36 Å². The summed E-state index contributed by atoms with van der Waals surface area (Å²) in [5, 5.41) is -0.316. The molecule has 304 valence electrons. The van der Waals surface area contributed by atoms with Crippen LogP contribution in [0, 0.1) is 11.7 Å². The van der Waals surface area contributed by atoms with Crippen LogP contribution in [0.5, 0.6) is 5.75 Å². The van der Waals surface area contributed by atoms with E-state index in [9.17, 15) is 13.8 Å². The number of amides is 1. The van der Waals surface area contributed by atoms with Crippen molar-refractivity contribution in [2.75, 3.05) is 19.1 Å². The van der Waals surface area contributed by atoms with E-state index < -0.39 is 40.3 Å². The van der Waals surface area contributed by atoms with Crippen LogP contribution in [0.1, 0.15) is 76.8 Å². The summed E-state index contributed by atoms with van der Waals surface area (Å²) in [5.41, 5.74) is 5.24. The first-order valence-corrected chi connectivity index (χ1v) is 23.1. The zero-order valence-corrected chi connectivity index (χ0v) is 36.4. The van der Waals surface area contributed by atoms with E-state index in [0.29, 0.717) is 24.1 Å². The van der Waals surface area contributed by atoms with Gasteiger partial charge in [0.1, 0.15) is 18.2 Å². The molecule has 2 fully saturated rings. The molecule has 5 aromatic carbocycles. The number of benzene rings is 5. The van der Waals surface area contributed by atoms with Crippen molar-refractivity contribution in [1.29, 1.82) is 0 Å². The van der Waals surface area contributed by atoms with Crippen LogP contribution in [0.4, 0.5) is 10.1 Å². The van der Waals surface area contributed by atoms with Crippen molar-refractivity contribution >= 4 is 33.1 Å². The lowest BCUT2D eigenvalue weighted by molar-refractivity contribution is -0.141. The van der Waals surface area contributed by atoms with Gasteiger partial charge in [0.15, 0.2) is 0 Å². The minimum absolute atomic E-state index is 0.0407. The first-order valence-electron chi connectivity index (χ1n) is 19.7. The molecule has 0 saturated carbocycles. The second-order valence-corrected chi connectivity index (χ2v) is 24.1. The monoisotopic (exact) mass is 821 g/mol. The maximum atomic E-state index is 14.9. The standard InChI is InChI=1S/C47H53FNO7PSi/c1-46(2,3)58(47(4,5)6)55-40(34-19-24-36(48)25-20-34)30-42(56-58)43-44(49(45(43)50)37-17-13-10-14-18-37)39-28-23-35(29-41(39)54-31-32-15-11-9-12-16-32)33-21-26-38(27-22-33)57(51,52-7)53-8/h9-29,40,42-44H,30-31H2,1-8H3/t40-,42+,43+,44+/m0/s1. The molecule has 2 aliphatic heterocycles. The molecule has 0 aliphatic carbocycles. The molecule has 4 atom stereocenters. The van der Waals surface area contributed by atoms with Crippen LogP contribution in [0.25, 0.3) is 11.1 Å². The number of carbonyl (C=O) groups excluding carboxylic acids is 1. The zero-order chi connectivity index (χ0) is 41.5. The molecule has 7 rings (SSSR count). The Morgan fingerprint density at radius 3 is 1.93 bits per heavy atom. The molecule has 0 aromatic heterocycles. The highest BCUT2D eigenvalue weighted by atomic mass is 31.2. The molecule has 0 radical (unpaired) electrons.